The van der Waals surface area contributed by atoms with Crippen molar-refractivity contribution < 1.29 is 23.5 Å². The minimum absolute atomic E-state index is 0.123. The Hall–Kier alpha value is -3.29. The van der Waals surface area contributed by atoms with Crippen LogP contribution in [0.3, 0.4) is 0 Å². The first kappa shape index (κ1) is 18.1. The first-order chi connectivity index (χ1) is 13.4. The Bertz CT molecular complexity index is 953. The van der Waals surface area contributed by atoms with E-state index in [1.54, 1.807) is 42.3 Å². The Labute approximate surface area is 162 Å². The molecular weight excluding hydrogens is 362 g/mol. The number of carbonyl (C=O) groups is 3. The van der Waals surface area contributed by atoms with E-state index in [1.165, 1.54) is 11.9 Å². The maximum absolute atomic E-state index is 13.0. The summed E-state index contributed by atoms with van der Waals surface area (Å²) >= 11 is 0. The van der Waals surface area contributed by atoms with E-state index in [0.717, 1.165) is 0 Å². The van der Waals surface area contributed by atoms with Crippen LogP contribution >= 0.6 is 0 Å². The van der Waals surface area contributed by atoms with Crippen molar-refractivity contribution >= 4 is 17.9 Å². The van der Waals surface area contributed by atoms with Crippen molar-refractivity contribution in [1.29, 1.82) is 0 Å². The van der Waals surface area contributed by atoms with Crippen LogP contribution in [0.25, 0.3) is 11.3 Å². The van der Waals surface area contributed by atoms with Crippen molar-refractivity contribution in [3.8, 4) is 11.3 Å². The number of amides is 3. The van der Waals surface area contributed by atoms with E-state index in [9.17, 15) is 14.4 Å². The Morgan fingerprint density at radius 1 is 1.18 bits per heavy atom. The van der Waals surface area contributed by atoms with Crippen molar-refractivity contribution in [2.24, 2.45) is 0 Å². The van der Waals surface area contributed by atoms with E-state index in [4.69, 9.17) is 9.15 Å². The van der Waals surface area contributed by atoms with Crippen LogP contribution in [0.2, 0.25) is 0 Å². The number of hydrogen-bond donors (Lipinski definition) is 1. The molecule has 1 atom stereocenters. The molecule has 0 bridgehead atoms. The van der Waals surface area contributed by atoms with E-state index in [-0.39, 0.29) is 23.7 Å². The fourth-order valence-corrected chi connectivity index (χ4v) is 3.75. The lowest BCUT2D eigenvalue weighted by Gasteiger charge is -2.22. The molecule has 4 rings (SSSR count). The molecule has 8 nitrogen and oxygen atoms in total. The molecule has 28 heavy (non-hydrogen) atoms. The molecule has 2 aromatic rings. The highest BCUT2D eigenvalue weighted by Crippen LogP contribution is 2.33. The van der Waals surface area contributed by atoms with Gasteiger partial charge in [-0.25, -0.2) is 4.79 Å². The fraction of sp³-hybridized carbons (Fsp3) is 0.350. The second-order valence-corrected chi connectivity index (χ2v) is 7.21. The van der Waals surface area contributed by atoms with Gasteiger partial charge in [0.15, 0.2) is 11.4 Å². The molecule has 3 amide bonds. The maximum Gasteiger partial charge on any atom is 0.410 e. The summed E-state index contributed by atoms with van der Waals surface area (Å²) in [6.45, 7) is 1.41. The zero-order valence-electron chi connectivity index (χ0n) is 15.7. The summed E-state index contributed by atoms with van der Waals surface area (Å²) < 4.78 is 11.1. The quantitative estimate of drug-likeness (QED) is 0.875. The SMILES string of the molecule is CNC(=O)c1ccc(-c2cccc(C(=O)N3CCC4(CN(C)C(=O)O4)C3)c2)o1. The minimum Gasteiger partial charge on any atom is -0.451 e. The smallest absolute Gasteiger partial charge is 0.410 e. The number of hydrogen-bond acceptors (Lipinski definition) is 5. The summed E-state index contributed by atoms with van der Waals surface area (Å²) in [5.41, 5.74) is 0.620. The van der Waals surface area contributed by atoms with Crippen molar-refractivity contribution in [3.05, 3.63) is 47.7 Å². The Kier molecular flexibility index (Phi) is 4.33. The third-order valence-electron chi connectivity index (χ3n) is 5.20. The maximum atomic E-state index is 13.0. The lowest BCUT2D eigenvalue weighted by Crippen LogP contribution is -2.39. The number of ether oxygens (including phenoxy) is 1. The van der Waals surface area contributed by atoms with E-state index in [0.29, 0.717) is 42.9 Å². The summed E-state index contributed by atoms with van der Waals surface area (Å²) in [6, 6.07) is 10.4. The van der Waals surface area contributed by atoms with Gasteiger partial charge in [-0.2, -0.15) is 0 Å². The zero-order valence-corrected chi connectivity index (χ0v) is 15.7. The monoisotopic (exact) mass is 383 g/mol. The second kappa shape index (κ2) is 6.70. The van der Waals surface area contributed by atoms with E-state index in [1.807, 2.05) is 6.07 Å². The number of furan rings is 1. The standard InChI is InChI=1S/C20H21N3O5/c1-21-17(24)16-7-6-15(27-16)13-4-3-5-14(10-13)18(25)23-9-8-20(12-23)11-22(2)19(26)28-20/h3-7,10H,8-9,11-12H2,1-2H3,(H,21,24). The molecule has 1 unspecified atom stereocenters. The summed E-state index contributed by atoms with van der Waals surface area (Å²) in [4.78, 5) is 39.6. The lowest BCUT2D eigenvalue weighted by atomic mass is 10.0. The van der Waals surface area contributed by atoms with Crippen LogP contribution in [0.15, 0.2) is 40.8 Å². The molecule has 0 saturated carbocycles. The highest BCUT2D eigenvalue weighted by atomic mass is 16.6. The lowest BCUT2D eigenvalue weighted by molar-refractivity contribution is 0.0553. The van der Waals surface area contributed by atoms with Crippen LogP contribution in [0.5, 0.6) is 0 Å². The van der Waals surface area contributed by atoms with Gasteiger partial charge in [0.2, 0.25) is 0 Å². The van der Waals surface area contributed by atoms with E-state index >= 15 is 0 Å². The van der Waals surface area contributed by atoms with E-state index in [2.05, 4.69) is 5.32 Å². The minimum atomic E-state index is -0.609. The third kappa shape index (κ3) is 3.11. The Balaban J connectivity index is 1.52. The molecule has 146 valence electrons. The summed E-state index contributed by atoms with van der Waals surface area (Å²) in [6.07, 6.45) is 0.281. The number of benzene rings is 1. The largest absolute Gasteiger partial charge is 0.451 e. The average molecular weight is 383 g/mol. The summed E-state index contributed by atoms with van der Waals surface area (Å²) in [7, 11) is 3.23. The molecule has 1 N–H and O–H groups in total. The summed E-state index contributed by atoms with van der Waals surface area (Å²) in [5.74, 6) is 0.291. The van der Waals surface area contributed by atoms with Crippen LogP contribution in [0.4, 0.5) is 4.79 Å². The van der Waals surface area contributed by atoms with Gasteiger partial charge < -0.3 is 24.3 Å². The zero-order chi connectivity index (χ0) is 19.9. The van der Waals surface area contributed by atoms with Gasteiger partial charge in [-0.1, -0.05) is 12.1 Å². The number of likely N-dealkylation sites (tertiary alicyclic amines) is 1. The molecule has 2 aliphatic rings. The molecular formula is C20H21N3O5. The van der Waals surface area contributed by atoms with Gasteiger partial charge in [0.05, 0.1) is 13.1 Å². The molecule has 0 aliphatic carbocycles. The number of carbonyl (C=O) groups excluding carboxylic acids is 3. The molecule has 1 aromatic carbocycles. The Morgan fingerprint density at radius 3 is 2.71 bits per heavy atom. The van der Waals surface area contributed by atoms with Gasteiger partial charge in [0.1, 0.15) is 5.76 Å². The van der Waals surface area contributed by atoms with Gasteiger partial charge in [0.25, 0.3) is 11.8 Å². The summed E-state index contributed by atoms with van der Waals surface area (Å²) in [5, 5.41) is 2.51. The first-order valence-electron chi connectivity index (χ1n) is 9.06. The molecule has 0 radical (unpaired) electrons. The molecule has 8 heteroatoms. The first-order valence-corrected chi connectivity index (χ1v) is 9.06. The van der Waals surface area contributed by atoms with E-state index < -0.39 is 5.60 Å². The number of nitrogens with one attached hydrogen (secondary N) is 1. The normalized spacial score (nSPS) is 21.3. The predicted octanol–water partition coefficient (Wildman–Crippen LogP) is 1.97. The van der Waals surface area contributed by atoms with Gasteiger partial charge >= 0.3 is 6.09 Å². The van der Waals surface area contributed by atoms with Crippen LogP contribution in [0, 0.1) is 0 Å². The fourth-order valence-electron chi connectivity index (χ4n) is 3.75. The van der Waals surface area contributed by atoms with Crippen LogP contribution in [0.1, 0.15) is 27.3 Å². The van der Waals surface area contributed by atoms with Crippen molar-refractivity contribution in [2.75, 3.05) is 33.7 Å². The van der Waals surface area contributed by atoms with Gasteiger partial charge in [0, 0.05) is 38.2 Å². The van der Waals surface area contributed by atoms with Crippen LogP contribution in [-0.2, 0) is 4.74 Å². The van der Waals surface area contributed by atoms with Gasteiger partial charge in [-0.15, -0.1) is 0 Å². The molecule has 2 saturated heterocycles. The Morgan fingerprint density at radius 2 is 2.00 bits per heavy atom. The number of rotatable bonds is 3. The number of likely N-dealkylation sites (N-methyl/N-ethyl adjacent to an activating group) is 1. The van der Waals surface area contributed by atoms with Crippen molar-refractivity contribution in [2.45, 2.75) is 12.0 Å². The van der Waals surface area contributed by atoms with Gasteiger partial charge in [-0.05, 0) is 24.3 Å². The molecule has 3 heterocycles. The second-order valence-electron chi connectivity index (χ2n) is 7.21. The highest BCUT2D eigenvalue weighted by Gasteiger charge is 2.49. The molecule has 1 aromatic heterocycles. The van der Waals surface area contributed by atoms with Crippen molar-refractivity contribution in [1.82, 2.24) is 15.1 Å². The number of nitrogens with zero attached hydrogens (tertiary/aromatic N) is 2. The third-order valence-corrected chi connectivity index (χ3v) is 5.20. The molecule has 2 aliphatic heterocycles. The van der Waals surface area contributed by atoms with Crippen LogP contribution < -0.4 is 5.32 Å². The van der Waals surface area contributed by atoms with Gasteiger partial charge in [-0.3, -0.25) is 9.59 Å². The molecule has 2 fully saturated rings. The topological polar surface area (TPSA) is 92.1 Å². The van der Waals surface area contributed by atoms with Crippen LogP contribution in [-0.4, -0.2) is 67.0 Å². The van der Waals surface area contributed by atoms with Crippen molar-refractivity contribution in [3.63, 3.8) is 0 Å². The highest BCUT2D eigenvalue weighted by molar-refractivity contribution is 5.96. The predicted molar refractivity (Wildman–Crippen MR) is 99.9 cm³/mol. The average Bonchev–Trinajstić information content (AvgIpc) is 3.40. The molecule has 1 spiro atoms.